The minimum Gasteiger partial charge on any atom is -0.481 e. The molecule has 0 radical (unpaired) electrons. The Bertz CT molecular complexity index is 308. The first-order valence-corrected chi connectivity index (χ1v) is 8.11. The summed E-state index contributed by atoms with van der Waals surface area (Å²) in [5.41, 5.74) is 0.445. The molecule has 1 fully saturated rings. The van der Waals surface area contributed by atoms with E-state index in [2.05, 4.69) is 19.2 Å². The normalized spacial score (nSPS) is 19.1. The maximum absolute atomic E-state index is 11.7. The van der Waals surface area contributed by atoms with E-state index in [4.69, 9.17) is 5.11 Å². The van der Waals surface area contributed by atoms with Gasteiger partial charge in [-0.1, -0.05) is 13.8 Å². The van der Waals surface area contributed by atoms with Gasteiger partial charge < -0.3 is 10.4 Å². The number of thioether (sulfide) groups is 1. The minimum atomic E-state index is -0.804. The summed E-state index contributed by atoms with van der Waals surface area (Å²) in [4.78, 5) is 22.0. The molecule has 1 rings (SSSR count). The standard InChI is InChI=1S/C14H25NO3S/c1-14(2)5-3-11(4-6-14)9-12(16)15-7-8-19-10-13(17)18/h11H,3-10H2,1-2H3,(H,15,16)(H,17,18). The van der Waals surface area contributed by atoms with Gasteiger partial charge in [0.1, 0.15) is 0 Å². The lowest BCUT2D eigenvalue weighted by atomic mass is 9.72. The van der Waals surface area contributed by atoms with Crippen molar-refractivity contribution >= 4 is 23.6 Å². The van der Waals surface area contributed by atoms with E-state index >= 15 is 0 Å². The summed E-state index contributed by atoms with van der Waals surface area (Å²) in [5, 5.41) is 11.3. The topological polar surface area (TPSA) is 66.4 Å². The predicted molar refractivity (Wildman–Crippen MR) is 78.3 cm³/mol. The third kappa shape index (κ3) is 7.45. The fourth-order valence-corrected chi connectivity index (χ4v) is 2.98. The number of hydrogen-bond acceptors (Lipinski definition) is 3. The van der Waals surface area contributed by atoms with Gasteiger partial charge in [0.05, 0.1) is 5.75 Å². The fourth-order valence-electron chi connectivity index (χ4n) is 2.42. The van der Waals surface area contributed by atoms with Crippen molar-refractivity contribution in [1.82, 2.24) is 5.32 Å². The van der Waals surface area contributed by atoms with Gasteiger partial charge in [0.2, 0.25) is 5.91 Å². The smallest absolute Gasteiger partial charge is 0.313 e. The van der Waals surface area contributed by atoms with Crippen LogP contribution < -0.4 is 5.32 Å². The lowest BCUT2D eigenvalue weighted by molar-refractivity contribution is -0.133. The van der Waals surface area contributed by atoms with E-state index in [0.29, 0.717) is 30.1 Å². The molecule has 0 aromatic carbocycles. The molecule has 0 aromatic heterocycles. The van der Waals surface area contributed by atoms with Crippen LogP contribution in [-0.2, 0) is 9.59 Å². The molecule has 0 unspecified atom stereocenters. The summed E-state index contributed by atoms with van der Waals surface area (Å²) in [7, 11) is 0. The van der Waals surface area contributed by atoms with Crippen molar-refractivity contribution in [3.63, 3.8) is 0 Å². The Morgan fingerprint density at radius 3 is 2.53 bits per heavy atom. The van der Waals surface area contributed by atoms with Crippen LogP contribution in [0.15, 0.2) is 0 Å². The SMILES string of the molecule is CC1(C)CCC(CC(=O)NCCSCC(=O)O)CC1. The summed E-state index contributed by atoms with van der Waals surface area (Å²) in [6.07, 6.45) is 5.33. The van der Waals surface area contributed by atoms with Crippen LogP contribution in [0.5, 0.6) is 0 Å². The maximum Gasteiger partial charge on any atom is 0.313 e. The third-order valence-electron chi connectivity index (χ3n) is 3.73. The molecule has 0 atom stereocenters. The predicted octanol–water partition coefficient (Wildman–Crippen LogP) is 2.53. The quantitative estimate of drug-likeness (QED) is 0.706. The van der Waals surface area contributed by atoms with Crippen molar-refractivity contribution in [2.24, 2.45) is 11.3 Å². The molecule has 1 aliphatic carbocycles. The number of carboxylic acids is 1. The van der Waals surface area contributed by atoms with Gasteiger partial charge in [0.15, 0.2) is 0 Å². The van der Waals surface area contributed by atoms with Gasteiger partial charge in [-0.2, -0.15) is 0 Å². The number of carboxylic acid groups (broad SMARTS) is 1. The Hall–Kier alpha value is -0.710. The maximum atomic E-state index is 11.7. The van der Waals surface area contributed by atoms with Crippen LogP contribution in [-0.4, -0.2) is 35.0 Å². The van der Waals surface area contributed by atoms with Crippen molar-refractivity contribution in [3.05, 3.63) is 0 Å². The van der Waals surface area contributed by atoms with E-state index < -0.39 is 5.97 Å². The minimum absolute atomic E-state index is 0.105. The molecule has 0 aromatic rings. The van der Waals surface area contributed by atoms with Crippen molar-refractivity contribution in [2.75, 3.05) is 18.1 Å². The van der Waals surface area contributed by atoms with Crippen LogP contribution in [0.3, 0.4) is 0 Å². The molecule has 0 aliphatic heterocycles. The highest BCUT2D eigenvalue weighted by Crippen LogP contribution is 2.38. The van der Waals surface area contributed by atoms with Gasteiger partial charge in [0, 0.05) is 18.7 Å². The number of carbonyl (C=O) groups is 2. The molecule has 0 bridgehead atoms. The monoisotopic (exact) mass is 287 g/mol. The lowest BCUT2D eigenvalue weighted by Crippen LogP contribution is -2.30. The summed E-state index contributed by atoms with van der Waals surface area (Å²) in [6, 6.07) is 0. The van der Waals surface area contributed by atoms with Gasteiger partial charge in [-0.25, -0.2) is 0 Å². The molecule has 1 saturated carbocycles. The molecule has 0 heterocycles. The van der Waals surface area contributed by atoms with E-state index in [-0.39, 0.29) is 11.7 Å². The molecule has 19 heavy (non-hydrogen) atoms. The number of hydrogen-bond donors (Lipinski definition) is 2. The van der Waals surface area contributed by atoms with E-state index in [1.165, 1.54) is 24.6 Å². The molecular weight excluding hydrogens is 262 g/mol. The Kier molecular flexibility index (Phi) is 6.69. The molecule has 5 heteroatoms. The second-order valence-electron chi connectivity index (χ2n) is 6.11. The Labute approximate surface area is 119 Å². The van der Waals surface area contributed by atoms with E-state index in [1.54, 1.807) is 0 Å². The van der Waals surface area contributed by atoms with Crippen molar-refractivity contribution in [1.29, 1.82) is 0 Å². The highest BCUT2D eigenvalue weighted by molar-refractivity contribution is 7.99. The fraction of sp³-hybridized carbons (Fsp3) is 0.857. The number of amides is 1. The Morgan fingerprint density at radius 1 is 1.32 bits per heavy atom. The zero-order chi connectivity index (χ0) is 14.3. The summed E-state index contributed by atoms with van der Waals surface area (Å²) >= 11 is 1.33. The number of rotatable bonds is 7. The van der Waals surface area contributed by atoms with Gasteiger partial charge >= 0.3 is 5.97 Å². The lowest BCUT2D eigenvalue weighted by Gasteiger charge is -2.34. The zero-order valence-electron chi connectivity index (χ0n) is 11.9. The van der Waals surface area contributed by atoms with Crippen LogP contribution in [0.2, 0.25) is 0 Å². The highest BCUT2D eigenvalue weighted by Gasteiger charge is 2.27. The van der Waals surface area contributed by atoms with E-state index in [1.807, 2.05) is 0 Å². The molecule has 110 valence electrons. The van der Waals surface area contributed by atoms with Crippen LogP contribution in [0, 0.1) is 11.3 Å². The first kappa shape index (κ1) is 16.3. The molecule has 0 saturated heterocycles. The second-order valence-corrected chi connectivity index (χ2v) is 7.21. The van der Waals surface area contributed by atoms with Crippen LogP contribution >= 0.6 is 11.8 Å². The highest BCUT2D eigenvalue weighted by atomic mass is 32.2. The summed E-state index contributed by atoms with van der Waals surface area (Å²) in [5.74, 6) is 0.602. The van der Waals surface area contributed by atoms with Gasteiger partial charge in [-0.3, -0.25) is 9.59 Å². The number of carbonyl (C=O) groups excluding carboxylic acids is 1. The molecule has 2 N–H and O–H groups in total. The molecule has 1 aliphatic rings. The van der Waals surface area contributed by atoms with Crippen molar-refractivity contribution in [2.45, 2.75) is 46.0 Å². The molecule has 4 nitrogen and oxygen atoms in total. The van der Waals surface area contributed by atoms with Crippen LogP contribution in [0.1, 0.15) is 46.0 Å². The largest absolute Gasteiger partial charge is 0.481 e. The van der Waals surface area contributed by atoms with Crippen LogP contribution in [0.4, 0.5) is 0 Å². The van der Waals surface area contributed by atoms with Gasteiger partial charge in [-0.15, -0.1) is 11.8 Å². The Balaban J connectivity index is 2.06. The first-order chi connectivity index (χ1) is 8.89. The van der Waals surface area contributed by atoms with Gasteiger partial charge in [0.25, 0.3) is 0 Å². The van der Waals surface area contributed by atoms with E-state index in [9.17, 15) is 9.59 Å². The average molecular weight is 287 g/mol. The first-order valence-electron chi connectivity index (χ1n) is 6.95. The van der Waals surface area contributed by atoms with Crippen molar-refractivity contribution < 1.29 is 14.7 Å². The number of aliphatic carboxylic acids is 1. The number of nitrogens with one attached hydrogen (secondary N) is 1. The van der Waals surface area contributed by atoms with Gasteiger partial charge in [-0.05, 0) is 37.0 Å². The average Bonchev–Trinajstić information content (AvgIpc) is 2.31. The van der Waals surface area contributed by atoms with Crippen LogP contribution in [0.25, 0.3) is 0 Å². The Morgan fingerprint density at radius 2 is 1.95 bits per heavy atom. The van der Waals surface area contributed by atoms with Crippen molar-refractivity contribution in [3.8, 4) is 0 Å². The zero-order valence-corrected chi connectivity index (χ0v) is 12.7. The van der Waals surface area contributed by atoms with E-state index in [0.717, 1.165) is 12.8 Å². The third-order valence-corrected chi connectivity index (χ3v) is 4.67. The summed E-state index contributed by atoms with van der Waals surface area (Å²) < 4.78 is 0. The molecule has 1 amide bonds. The molecule has 0 spiro atoms. The second kappa shape index (κ2) is 7.78. The molecular formula is C14H25NO3S. The summed E-state index contributed by atoms with van der Waals surface area (Å²) in [6.45, 7) is 5.15.